The van der Waals surface area contributed by atoms with Gasteiger partial charge in [-0.2, -0.15) is 15.0 Å². The Morgan fingerprint density at radius 2 is 2.00 bits per heavy atom. The summed E-state index contributed by atoms with van der Waals surface area (Å²) in [6.07, 6.45) is 0. The second kappa shape index (κ2) is 7.05. The van der Waals surface area contributed by atoms with Crippen LogP contribution in [0.4, 0.5) is 11.9 Å². The molecule has 1 unspecified atom stereocenters. The second-order valence-electron chi connectivity index (χ2n) is 4.49. The van der Waals surface area contributed by atoms with Crippen LogP contribution in [-0.2, 0) is 0 Å². The molecule has 108 valence electrons. The van der Waals surface area contributed by atoms with E-state index < -0.39 is 0 Å². The third-order valence-electron chi connectivity index (χ3n) is 2.67. The van der Waals surface area contributed by atoms with Crippen molar-refractivity contribution in [1.82, 2.24) is 19.9 Å². The van der Waals surface area contributed by atoms with E-state index >= 15 is 0 Å². The molecular formula is C11H23N7O. The zero-order valence-corrected chi connectivity index (χ0v) is 12.2. The molecule has 0 aliphatic rings. The van der Waals surface area contributed by atoms with Crippen LogP contribution in [0.25, 0.3) is 0 Å². The van der Waals surface area contributed by atoms with Gasteiger partial charge in [-0.25, -0.2) is 5.84 Å². The molecule has 1 aromatic heterocycles. The highest BCUT2D eigenvalue weighted by Crippen LogP contribution is 2.16. The lowest BCUT2D eigenvalue weighted by Crippen LogP contribution is -2.41. The minimum atomic E-state index is 0.244. The minimum Gasteiger partial charge on any atom is -0.467 e. The number of ether oxygens (including phenoxy) is 1. The zero-order valence-electron chi connectivity index (χ0n) is 12.2. The summed E-state index contributed by atoms with van der Waals surface area (Å²) >= 11 is 0. The summed E-state index contributed by atoms with van der Waals surface area (Å²) in [6.45, 7) is 5.85. The van der Waals surface area contributed by atoms with Gasteiger partial charge < -0.3 is 14.5 Å². The van der Waals surface area contributed by atoms with Gasteiger partial charge in [0.05, 0.1) is 7.11 Å². The monoisotopic (exact) mass is 269 g/mol. The molecule has 0 aliphatic heterocycles. The van der Waals surface area contributed by atoms with Crippen LogP contribution in [0.3, 0.4) is 0 Å². The van der Waals surface area contributed by atoms with Gasteiger partial charge in [0.25, 0.3) is 0 Å². The SMILES string of the molecule is CCN(c1nc(NN)nc(OC)n1)C(C)CN(C)C. The van der Waals surface area contributed by atoms with Gasteiger partial charge in [-0.15, -0.1) is 0 Å². The molecule has 3 N–H and O–H groups in total. The Hall–Kier alpha value is -1.67. The van der Waals surface area contributed by atoms with Crippen LogP contribution >= 0.6 is 0 Å². The van der Waals surface area contributed by atoms with E-state index in [4.69, 9.17) is 10.6 Å². The number of hydrazine groups is 1. The third kappa shape index (κ3) is 4.18. The maximum absolute atomic E-state index is 5.36. The number of nitrogen functional groups attached to an aromatic ring is 1. The van der Waals surface area contributed by atoms with Gasteiger partial charge >= 0.3 is 6.01 Å². The number of nitrogens with zero attached hydrogens (tertiary/aromatic N) is 5. The Labute approximate surface area is 114 Å². The molecule has 0 bridgehead atoms. The van der Waals surface area contributed by atoms with Crippen molar-refractivity contribution in [2.45, 2.75) is 19.9 Å². The van der Waals surface area contributed by atoms with E-state index in [-0.39, 0.29) is 18.0 Å². The van der Waals surface area contributed by atoms with Gasteiger partial charge in [0.2, 0.25) is 11.9 Å². The first-order chi connectivity index (χ1) is 9.01. The van der Waals surface area contributed by atoms with E-state index in [0.717, 1.165) is 13.1 Å². The van der Waals surface area contributed by atoms with E-state index in [1.807, 2.05) is 14.1 Å². The number of hydrogen-bond acceptors (Lipinski definition) is 8. The Morgan fingerprint density at radius 3 is 2.47 bits per heavy atom. The molecule has 8 heteroatoms. The fraction of sp³-hybridized carbons (Fsp3) is 0.727. The van der Waals surface area contributed by atoms with Crippen molar-refractivity contribution >= 4 is 11.9 Å². The molecule has 1 aromatic rings. The molecule has 8 nitrogen and oxygen atoms in total. The smallest absolute Gasteiger partial charge is 0.322 e. The van der Waals surface area contributed by atoms with Crippen molar-refractivity contribution in [3.05, 3.63) is 0 Å². The first-order valence-corrected chi connectivity index (χ1v) is 6.19. The summed E-state index contributed by atoms with van der Waals surface area (Å²) in [6, 6.07) is 0.506. The molecule has 0 fully saturated rings. The highest BCUT2D eigenvalue weighted by Gasteiger charge is 2.18. The topological polar surface area (TPSA) is 92.4 Å². The maximum Gasteiger partial charge on any atom is 0.322 e. The van der Waals surface area contributed by atoms with E-state index in [2.05, 4.69) is 44.0 Å². The number of likely N-dealkylation sites (N-methyl/N-ethyl adjacent to an activating group) is 2. The standard InChI is InChI=1S/C11H23N7O/c1-6-18(8(2)7-17(3)4)10-13-9(16-12)14-11(15-10)19-5/h8H,6-7,12H2,1-5H3,(H,13,14,15,16). The van der Waals surface area contributed by atoms with Gasteiger partial charge in [0.15, 0.2) is 0 Å². The van der Waals surface area contributed by atoms with E-state index in [1.54, 1.807) is 0 Å². The fourth-order valence-corrected chi connectivity index (χ4v) is 1.91. The van der Waals surface area contributed by atoms with Crippen molar-refractivity contribution in [1.29, 1.82) is 0 Å². The number of nitrogens with one attached hydrogen (secondary N) is 1. The zero-order chi connectivity index (χ0) is 14.4. The van der Waals surface area contributed by atoms with Crippen molar-refractivity contribution in [2.75, 3.05) is 44.6 Å². The maximum atomic E-state index is 5.36. The van der Waals surface area contributed by atoms with Gasteiger partial charge in [0, 0.05) is 19.1 Å². The average molecular weight is 269 g/mol. The normalized spacial score (nSPS) is 12.4. The predicted molar refractivity (Wildman–Crippen MR) is 75.2 cm³/mol. The Bertz CT molecular complexity index is 376. The molecule has 1 heterocycles. The number of aromatic nitrogens is 3. The Morgan fingerprint density at radius 1 is 1.32 bits per heavy atom. The van der Waals surface area contributed by atoms with Crippen LogP contribution in [0.2, 0.25) is 0 Å². The molecule has 0 saturated carbocycles. The lowest BCUT2D eigenvalue weighted by atomic mass is 10.3. The van der Waals surface area contributed by atoms with Gasteiger partial charge in [-0.1, -0.05) is 0 Å². The summed E-state index contributed by atoms with van der Waals surface area (Å²) < 4.78 is 5.06. The molecule has 19 heavy (non-hydrogen) atoms. The van der Waals surface area contributed by atoms with Crippen LogP contribution in [0.1, 0.15) is 13.8 Å². The van der Waals surface area contributed by atoms with Gasteiger partial charge in [-0.3, -0.25) is 5.43 Å². The Kier molecular flexibility index (Phi) is 5.71. The molecular weight excluding hydrogens is 246 g/mol. The van der Waals surface area contributed by atoms with E-state index in [1.165, 1.54) is 7.11 Å². The van der Waals surface area contributed by atoms with Crippen molar-refractivity contribution in [2.24, 2.45) is 5.84 Å². The van der Waals surface area contributed by atoms with Crippen molar-refractivity contribution in [3.63, 3.8) is 0 Å². The van der Waals surface area contributed by atoms with E-state index in [0.29, 0.717) is 5.95 Å². The number of rotatable bonds is 7. The summed E-state index contributed by atoms with van der Waals surface area (Å²) in [4.78, 5) is 16.7. The van der Waals surface area contributed by atoms with Gasteiger partial charge in [-0.05, 0) is 27.9 Å². The highest BCUT2D eigenvalue weighted by atomic mass is 16.5. The second-order valence-corrected chi connectivity index (χ2v) is 4.49. The van der Waals surface area contributed by atoms with Gasteiger partial charge in [0.1, 0.15) is 0 Å². The molecule has 0 aliphatic carbocycles. The predicted octanol–water partition coefficient (Wildman–Crippen LogP) is -0.0578. The number of methoxy groups -OCH3 is 1. The molecule has 0 amide bonds. The van der Waals surface area contributed by atoms with Crippen LogP contribution in [0.15, 0.2) is 0 Å². The minimum absolute atomic E-state index is 0.244. The first kappa shape index (κ1) is 15.4. The van der Waals surface area contributed by atoms with Crippen molar-refractivity contribution in [3.8, 4) is 6.01 Å². The first-order valence-electron chi connectivity index (χ1n) is 6.19. The molecule has 0 radical (unpaired) electrons. The Balaban J connectivity index is 3.02. The number of hydrogen-bond donors (Lipinski definition) is 2. The van der Waals surface area contributed by atoms with Crippen LogP contribution < -0.4 is 20.9 Å². The average Bonchev–Trinajstić information content (AvgIpc) is 2.38. The van der Waals surface area contributed by atoms with Crippen LogP contribution in [0, 0.1) is 0 Å². The molecule has 0 saturated heterocycles. The summed E-state index contributed by atoms with van der Waals surface area (Å²) in [5, 5.41) is 0. The number of anilines is 2. The fourth-order valence-electron chi connectivity index (χ4n) is 1.91. The summed E-state index contributed by atoms with van der Waals surface area (Å²) in [5.74, 6) is 6.20. The quantitative estimate of drug-likeness (QED) is 0.525. The number of nitrogens with two attached hydrogens (primary N) is 1. The summed E-state index contributed by atoms with van der Waals surface area (Å²) in [5.41, 5.74) is 2.42. The molecule has 1 atom stereocenters. The molecule has 0 aromatic carbocycles. The van der Waals surface area contributed by atoms with Crippen LogP contribution in [0.5, 0.6) is 6.01 Å². The molecule has 1 rings (SSSR count). The lowest BCUT2D eigenvalue weighted by Gasteiger charge is -2.30. The van der Waals surface area contributed by atoms with Crippen molar-refractivity contribution < 1.29 is 4.74 Å². The highest BCUT2D eigenvalue weighted by molar-refractivity contribution is 5.38. The molecule has 0 spiro atoms. The third-order valence-corrected chi connectivity index (χ3v) is 2.67. The summed E-state index contributed by atoms with van der Waals surface area (Å²) in [7, 11) is 5.58. The van der Waals surface area contributed by atoms with E-state index in [9.17, 15) is 0 Å². The lowest BCUT2D eigenvalue weighted by molar-refractivity contribution is 0.365. The largest absolute Gasteiger partial charge is 0.467 e. The van der Waals surface area contributed by atoms with Crippen LogP contribution in [-0.4, -0.2) is 60.2 Å².